The molecule has 1 amide bonds. The van der Waals surface area contributed by atoms with Gasteiger partial charge in [-0.1, -0.05) is 36.4 Å². The van der Waals surface area contributed by atoms with E-state index in [-0.39, 0.29) is 6.42 Å². The molecule has 21 heavy (non-hydrogen) atoms. The molecule has 0 aliphatic rings. The van der Waals surface area contributed by atoms with Gasteiger partial charge in [-0.25, -0.2) is 8.78 Å². The van der Waals surface area contributed by atoms with Crippen LogP contribution in [0.1, 0.15) is 17.2 Å². The van der Waals surface area contributed by atoms with Crippen LogP contribution in [0, 0.1) is 23.0 Å². The van der Waals surface area contributed by atoms with E-state index in [1.165, 1.54) is 6.07 Å². The fourth-order valence-electron chi connectivity index (χ4n) is 1.88. The third kappa shape index (κ3) is 3.86. The Hall–Kier alpha value is -2.74. The lowest BCUT2D eigenvalue weighted by Crippen LogP contribution is -2.29. The van der Waals surface area contributed by atoms with E-state index in [1.807, 2.05) is 6.07 Å². The van der Waals surface area contributed by atoms with E-state index in [4.69, 9.17) is 5.26 Å². The van der Waals surface area contributed by atoms with Crippen molar-refractivity contribution in [2.75, 3.05) is 0 Å². The maximum absolute atomic E-state index is 13.1. The van der Waals surface area contributed by atoms with Crippen LogP contribution in [0.25, 0.3) is 0 Å². The highest BCUT2D eigenvalue weighted by Gasteiger charge is 2.14. The number of amides is 1. The highest BCUT2D eigenvalue weighted by molar-refractivity contribution is 5.79. The molecule has 106 valence electrons. The van der Waals surface area contributed by atoms with Crippen molar-refractivity contribution in [2.24, 2.45) is 0 Å². The average Bonchev–Trinajstić information content (AvgIpc) is 2.49. The second-order valence-corrected chi connectivity index (χ2v) is 4.47. The standard InChI is InChI=1S/C16H12F2N2O/c17-13-7-6-11(8-14(13)18)9-16(21)20-15(10-19)12-4-2-1-3-5-12/h1-8,15H,9H2,(H,20,21). The molecule has 0 heterocycles. The minimum absolute atomic E-state index is 0.123. The Morgan fingerprint density at radius 1 is 1.14 bits per heavy atom. The van der Waals surface area contributed by atoms with Crippen LogP contribution in [0.15, 0.2) is 48.5 Å². The minimum atomic E-state index is -1.000. The van der Waals surface area contributed by atoms with E-state index in [2.05, 4.69) is 5.32 Å². The van der Waals surface area contributed by atoms with Gasteiger partial charge < -0.3 is 5.32 Å². The molecule has 2 aromatic carbocycles. The summed E-state index contributed by atoms with van der Waals surface area (Å²) in [5.41, 5.74) is 1.01. The Bertz CT molecular complexity index is 680. The van der Waals surface area contributed by atoms with Gasteiger partial charge in [-0.05, 0) is 23.3 Å². The lowest BCUT2D eigenvalue weighted by Gasteiger charge is -2.12. The van der Waals surface area contributed by atoms with Crippen LogP contribution < -0.4 is 5.32 Å². The van der Waals surface area contributed by atoms with Gasteiger partial charge in [-0.2, -0.15) is 5.26 Å². The summed E-state index contributed by atoms with van der Waals surface area (Å²) in [6.07, 6.45) is -0.123. The molecule has 0 saturated carbocycles. The summed E-state index contributed by atoms with van der Waals surface area (Å²) in [5, 5.41) is 11.6. The minimum Gasteiger partial charge on any atom is -0.336 e. The number of rotatable bonds is 4. The van der Waals surface area contributed by atoms with Gasteiger partial charge in [0.05, 0.1) is 12.5 Å². The van der Waals surface area contributed by atoms with Crippen LogP contribution in [-0.2, 0) is 11.2 Å². The number of nitriles is 1. The molecule has 0 radical (unpaired) electrons. The van der Waals surface area contributed by atoms with Crippen LogP contribution in [0.4, 0.5) is 8.78 Å². The summed E-state index contributed by atoms with van der Waals surface area (Å²) in [4.78, 5) is 11.9. The number of carbonyl (C=O) groups excluding carboxylic acids is 1. The largest absolute Gasteiger partial charge is 0.336 e. The van der Waals surface area contributed by atoms with Gasteiger partial charge in [-0.3, -0.25) is 4.79 Å². The van der Waals surface area contributed by atoms with E-state index in [0.717, 1.165) is 12.1 Å². The summed E-state index contributed by atoms with van der Waals surface area (Å²) in [6, 6.07) is 13.3. The van der Waals surface area contributed by atoms with Gasteiger partial charge in [0.25, 0.3) is 0 Å². The second-order valence-electron chi connectivity index (χ2n) is 4.47. The third-order valence-corrected chi connectivity index (χ3v) is 2.92. The summed E-state index contributed by atoms with van der Waals surface area (Å²) in [5.74, 6) is -2.39. The summed E-state index contributed by atoms with van der Waals surface area (Å²) >= 11 is 0. The maximum Gasteiger partial charge on any atom is 0.225 e. The highest BCUT2D eigenvalue weighted by atomic mass is 19.2. The fraction of sp³-hybridized carbons (Fsp3) is 0.125. The monoisotopic (exact) mass is 286 g/mol. The molecule has 0 saturated heterocycles. The predicted molar refractivity (Wildman–Crippen MR) is 73.0 cm³/mol. The Kier molecular flexibility index (Phi) is 4.62. The normalized spacial score (nSPS) is 11.5. The zero-order chi connectivity index (χ0) is 15.2. The van der Waals surface area contributed by atoms with E-state index in [9.17, 15) is 13.6 Å². The average molecular weight is 286 g/mol. The topological polar surface area (TPSA) is 52.9 Å². The second kappa shape index (κ2) is 6.62. The van der Waals surface area contributed by atoms with Crippen LogP contribution in [0.5, 0.6) is 0 Å². The first kappa shape index (κ1) is 14.7. The number of hydrogen-bond acceptors (Lipinski definition) is 2. The molecule has 3 nitrogen and oxygen atoms in total. The van der Waals surface area contributed by atoms with Gasteiger partial charge in [0.1, 0.15) is 6.04 Å². The fourth-order valence-corrected chi connectivity index (χ4v) is 1.88. The molecule has 1 unspecified atom stereocenters. The van der Waals surface area contributed by atoms with Crippen molar-refractivity contribution in [3.63, 3.8) is 0 Å². The SMILES string of the molecule is N#CC(NC(=O)Cc1ccc(F)c(F)c1)c1ccccc1. The molecule has 0 aliphatic heterocycles. The lowest BCUT2D eigenvalue weighted by molar-refractivity contribution is -0.120. The number of hydrogen-bond donors (Lipinski definition) is 1. The van der Waals surface area contributed by atoms with Crippen molar-refractivity contribution >= 4 is 5.91 Å². The van der Waals surface area contributed by atoms with Gasteiger partial charge in [0.15, 0.2) is 11.6 Å². The van der Waals surface area contributed by atoms with Crippen molar-refractivity contribution in [1.29, 1.82) is 5.26 Å². The molecule has 0 spiro atoms. The van der Waals surface area contributed by atoms with E-state index in [0.29, 0.717) is 11.1 Å². The van der Waals surface area contributed by atoms with Gasteiger partial charge in [0.2, 0.25) is 5.91 Å². The number of nitrogens with zero attached hydrogens (tertiary/aromatic N) is 1. The summed E-state index contributed by atoms with van der Waals surface area (Å²) in [6.45, 7) is 0. The molecule has 5 heteroatoms. The quantitative estimate of drug-likeness (QED) is 0.939. The predicted octanol–water partition coefficient (Wildman–Crippen LogP) is 2.89. The first-order valence-electron chi connectivity index (χ1n) is 6.28. The first-order valence-corrected chi connectivity index (χ1v) is 6.28. The van der Waals surface area contributed by atoms with E-state index < -0.39 is 23.6 Å². The van der Waals surface area contributed by atoms with Crippen molar-refractivity contribution in [3.8, 4) is 6.07 Å². The van der Waals surface area contributed by atoms with Crippen LogP contribution in [0.3, 0.4) is 0 Å². The maximum atomic E-state index is 13.1. The van der Waals surface area contributed by atoms with Crippen LogP contribution in [-0.4, -0.2) is 5.91 Å². The Balaban J connectivity index is 2.04. The smallest absolute Gasteiger partial charge is 0.225 e. The Morgan fingerprint density at radius 2 is 1.86 bits per heavy atom. The van der Waals surface area contributed by atoms with Gasteiger partial charge in [0, 0.05) is 0 Å². The molecule has 1 atom stereocenters. The Morgan fingerprint density at radius 3 is 2.48 bits per heavy atom. The first-order chi connectivity index (χ1) is 10.1. The van der Waals surface area contributed by atoms with E-state index >= 15 is 0 Å². The molecular formula is C16H12F2N2O. The zero-order valence-corrected chi connectivity index (χ0v) is 11.0. The summed E-state index contributed by atoms with van der Waals surface area (Å²) < 4.78 is 25.9. The van der Waals surface area contributed by atoms with E-state index in [1.54, 1.807) is 30.3 Å². The van der Waals surface area contributed by atoms with Crippen molar-refractivity contribution in [2.45, 2.75) is 12.5 Å². The molecule has 0 fully saturated rings. The van der Waals surface area contributed by atoms with Crippen LogP contribution >= 0.6 is 0 Å². The molecule has 0 aromatic heterocycles. The number of benzene rings is 2. The van der Waals surface area contributed by atoms with Gasteiger partial charge in [-0.15, -0.1) is 0 Å². The Labute approximate surface area is 120 Å². The third-order valence-electron chi connectivity index (χ3n) is 2.92. The summed E-state index contributed by atoms with van der Waals surface area (Å²) in [7, 11) is 0. The molecule has 0 aliphatic carbocycles. The van der Waals surface area contributed by atoms with Gasteiger partial charge >= 0.3 is 0 Å². The highest BCUT2D eigenvalue weighted by Crippen LogP contribution is 2.13. The zero-order valence-electron chi connectivity index (χ0n) is 11.0. The number of nitrogens with one attached hydrogen (secondary N) is 1. The molecular weight excluding hydrogens is 274 g/mol. The van der Waals surface area contributed by atoms with Crippen molar-refractivity contribution in [3.05, 3.63) is 71.3 Å². The molecule has 2 aromatic rings. The number of carbonyl (C=O) groups is 1. The van der Waals surface area contributed by atoms with Crippen molar-refractivity contribution in [1.82, 2.24) is 5.32 Å². The van der Waals surface area contributed by atoms with Crippen LogP contribution in [0.2, 0.25) is 0 Å². The molecule has 1 N–H and O–H groups in total. The van der Waals surface area contributed by atoms with Crippen molar-refractivity contribution < 1.29 is 13.6 Å². The lowest BCUT2D eigenvalue weighted by atomic mass is 10.1. The molecule has 2 rings (SSSR count). The number of halogens is 2. The molecule has 0 bridgehead atoms.